The average Bonchev–Trinajstić information content (AvgIpc) is 2.88. The number of rotatable bonds is 2. The SMILES string of the molecule is Cc1ccc(C(=O)N2C[C@H]3CC[C@@H]2CN(C(=O)c2ccccn2)C3)s1. The lowest BCUT2D eigenvalue weighted by molar-refractivity contribution is 0.0578. The van der Waals surface area contributed by atoms with Gasteiger partial charge in [-0.05, 0) is 49.9 Å². The summed E-state index contributed by atoms with van der Waals surface area (Å²) in [7, 11) is 0. The maximum absolute atomic E-state index is 12.9. The van der Waals surface area contributed by atoms with E-state index in [4.69, 9.17) is 0 Å². The minimum absolute atomic E-state index is 0.0289. The quantitative estimate of drug-likeness (QED) is 0.832. The van der Waals surface area contributed by atoms with Crippen LogP contribution in [0.4, 0.5) is 0 Å². The van der Waals surface area contributed by atoms with Crippen LogP contribution in [0.25, 0.3) is 0 Å². The largest absolute Gasteiger partial charge is 0.335 e. The van der Waals surface area contributed by atoms with Crippen LogP contribution in [0, 0.1) is 12.8 Å². The highest BCUT2D eigenvalue weighted by molar-refractivity contribution is 7.13. The molecule has 2 atom stereocenters. The smallest absolute Gasteiger partial charge is 0.272 e. The van der Waals surface area contributed by atoms with E-state index >= 15 is 0 Å². The molecule has 5 rings (SSSR count). The first kappa shape index (κ1) is 16.3. The Morgan fingerprint density at radius 3 is 2.68 bits per heavy atom. The van der Waals surface area contributed by atoms with Gasteiger partial charge < -0.3 is 9.80 Å². The third kappa shape index (κ3) is 3.18. The number of amides is 2. The van der Waals surface area contributed by atoms with Gasteiger partial charge in [0.25, 0.3) is 11.8 Å². The summed E-state index contributed by atoms with van der Waals surface area (Å²) in [4.78, 5) is 35.7. The molecule has 2 aromatic rings. The zero-order chi connectivity index (χ0) is 17.4. The second-order valence-electron chi connectivity index (χ2n) is 6.89. The van der Waals surface area contributed by atoms with Crippen molar-refractivity contribution in [1.82, 2.24) is 14.8 Å². The van der Waals surface area contributed by atoms with Gasteiger partial charge in [0.15, 0.2) is 0 Å². The van der Waals surface area contributed by atoms with Crippen LogP contribution < -0.4 is 0 Å². The van der Waals surface area contributed by atoms with E-state index in [2.05, 4.69) is 4.98 Å². The number of carbonyl (C=O) groups excluding carboxylic acids is 2. The number of fused-ring (bicyclic) bond motifs is 4. The summed E-state index contributed by atoms with van der Waals surface area (Å²) < 4.78 is 0. The van der Waals surface area contributed by atoms with Gasteiger partial charge in [0, 0.05) is 36.8 Å². The number of pyridine rings is 1. The van der Waals surface area contributed by atoms with E-state index < -0.39 is 0 Å². The van der Waals surface area contributed by atoms with E-state index in [-0.39, 0.29) is 17.9 Å². The van der Waals surface area contributed by atoms with Gasteiger partial charge in [-0.3, -0.25) is 14.6 Å². The number of thiophene rings is 1. The Morgan fingerprint density at radius 2 is 1.96 bits per heavy atom. The molecule has 3 aliphatic heterocycles. The average molecular weight is 355 g/mol. The van der Waals surface area contributed by atoms with Gasteiger partial charge in [-0.25, -0.2) is 0 Å². The number of hydrogen-bond donors (Lipinski definition) is 0. The fraction of sp³-hybridized carbons (Fsp3) is 0.421. The third-order valence-electron chi connectivity index (χ3n) is 5.10. The van der Waals surface area contributed by atoms with Crippen LogP contribution in [0.5, 0.6) is 0 Å². The summed E-state index contributed by atoms with van der Waals surface area (Å²) in [5.41, 5.74) is 0.482. The molecule has 0 N–H and O–H groups in total. The summed E-state index contributed by atoms with van der Waals surface area (Å²) in [5, 5.41) is 0. The van der Waals surface area contributed by atoms with E-state index in [1.54, 1.807) is 23.6 Å². The molecule has 3 aliphatic rings. The monoisotopic (exact) mass is 355 g/mol. The van der Waals surface area contributed by atoms with Crippen LogP contribution in [-0.4, -0.2) is 52.3 Å². The van der Waals surface area contributed by atoms with Crippen molar-refractivity contribution < 1.29 is 9.59 Å². The van der Waals surface area contributed by atoms with Crippen molar-refractivity contribution in [2.75, 3.05) is 19.6 Å². The lowest BCUT2D eigenvalue weighted by Gasteiger charge is -2.35. The second-order valence-corrected chi connectivity index (χ2v) is 8.18. The van der Waals surface area contributed by atoms with Crippen LogP contribution in [0.2, 0.25) is 0 Å². The van der Waals surface area contributed by atoms with Gasteiger partial charge in [-0.1, -0.05) is 6.07 Å². The fourth-order valence-electron chi connectivity index (χ4n) is 3.84. The molecule has 0 spiro atoms. The van der Waals surface area contributed by atoms with Crippen LogP contribution in [0.1, 0.15) is 37.9 Å². The van der Waals surface area contributed by atoms with Crippen molar-refractivity contribution in [2.24, 2.45) is 5.92 Å². The maximum atomic E-state index is 12.9. The molecule has 0 saturated carbocycles. The predicted molar refractivity (Wildman–Crippen MR) is 96.7 cm³/mol. The Morgan fingerprint density at radius 1 is 1.08 bits per heavy atom. The molecule has 3 fully saturated rings. The van der Waals surface area contributed by atoms with E-state index in [1.165, 1.54) is 0 Å². The minimum atomic E-state index is -0.0289. The highest BCUT2D eigenvalue weighted by Gasteiger charge is 2.39. The molecule has 0 aromatic carbocycles. The van der Waals surface area contributed by atoms with E-state index in [9.17, 15) is 9.59 Å². The molecule has 2 bridgehead atoms. The van der Waals surface area contributed by atoms with Gasteiger partial charge >= 0.3 is 0 Å². The van der Waals surface area contributed by atoms with Gasteiger partial charge in [0.2, 0.25) is 0 Å². The molecule has 130 valence electrons. The minimum Gasteiger partial charge on any atom is -0.335 e. The highest BCUT2D eigenvalue weighted by Crippen LogP contribution is 2.31. The first-order valence-corrected chi connectivity index (χ1v) is 9.51. The molecule has 0 radical (unpaired) electrons. The lowest BCUT2D eigenvalue weighted by atomic mass is 9.95. The molecule has 0 unspecified atom stereocenters. The predicted octanol–water partition coefficient (Wildman–Crippen LogP) is 2.83. The van der Waals surface area contributed by atoms with Crippen LogP contribution in [0.15, 0.2) is 36.5 Å². The topological polar surface area (TPSA) is 53.5 Å². The summed E-state index contributed by atoms with van der Waals surface area (Å²) in [5.74, 6) is 0.426. The van der Waals surface area contributed by atoms with Gasteiger partial charge in [0.1, 0.15) is 5.69 Å². The molecule has 5 nitrogen and oxygen atoms in total. The van der Waals surface area contributed by atoms with E-state index in [1.807, 2.05) is 41.0 Å². The molecule has 2 aromatic heterocycles. The molecule has 6 heteroatoms. The number of hydrogen-bond acceptors (Lipinski definition) is 4. The molecule has 25 heavy (non-hydrogen) atoms. The first-order valence-electron chi connectivity index (χ1n) is 8.69. The van der Waals surface area contributed by atoms with Gasteiger partial charge in [-0.2, -0.15) is 0 Å². The molecular weight excluding hydrogens is 334 g/mol. The van der Waals surface area contributed by atoms with E-state index in [0.717, 1.165) is 29.1 Å². The number of carbonyl (C=O) groups is 2. The Bertz CT molecular complexity index is 789. The normalized spacial score (nSPS) is 22.8. The third-order valence-corrected chi connectivity index (χ3v) is 6.09. The Balaban J connectivity index is 1.54. The number of aromatic nitrogens is 1. The maximum Gasteiger partial charge on any atom is 0.272 e. The number of aryl methyl sites for hydroxylation is 1. The Kier molecular flexibility index (Phi) is 4.29. The first-order chi connectivity index (χ1) is 12.1. The lowest BCUT2D eigenvalue weighted by Crippen LogP contribution is -2.47. The summed E-state index contributed by atoms with van der Waals surface area (Å²) in [6.07, 6.45) is 3.69. The Labute approximate surface area is 151 Å². The highest BCUT2D eigenvalue weighted by atomic mass is 32.1. The van der Waals surface area contributed by atoms with Crippen molar-refractivity contribution in [2.45, 2.75) is 25.8 Å². The van der Waals surface area contributed by atoms with Crippen molar-refractivity contribution in [3.63, 3.8) is 0 Å². The molecule has 0 aliphatic carbocycles. The van der Waals surface area contributed by atoms with Crippen molar-refractivity contribution in [3.8, 4) is 0 Å². The van der Waals surface area contributed by atoms with Crippen LogP contribution >= 0.6 is 11.3 Å². The van der Waals surface area contributed by atoms with E-state index in [0.29, 0.717) is 24.7 Å². The standard InChI is InChI=1S/C19H21N3O2S/c1-13-5-8-17(25-13)19(24)22-11-14-6-7-15(22)12-21(10-14)18(23)16-4-2-3-9-20-16/h2-5,8-9,14-15H,6-7,10-12H2,1H3/t14-,15+/m0/s1. The molecule has 3 saturated heterocycles. The van der Waals surface area contributed by atoms with Gasteiger partial charge in [0.05, 0.1) is 4.88 Å². The molecular formula is C19H21N3O2S. The Hall–Kier alpha value is -2.21. The molecule has 5 heterocycles. The molecule has 2 amide bonds. The van der Waals surface area contributed by atoms with Crippen molar-refractivity contribution >= 4 is 23.2 Å². The fourth-order valence-corrected chi connectivity index (χ4v) is 4.66. The van der Waals surface area contributed by atoms with Crippen LogP contribution in [-0.2, 0) is 0 Å². The summed E-state index contributed by atoms with van der Waals surface area (Å²) in [6.45, 7) is 4.07. The number of piperidine rings is 1. The summed E-state index contributed by atoms with van der Waals surface area (Å²) in [6, 6.07) is 9.41. The van der Waals surface area contributed by atoms with Gasteiger partial charge in [-0.15, -0.1) is 11.3 Å². The zero-order valence-corrected chi connectivity index (χ0v) is 15.0. The van der Waals surface area contributed by atoms with Crippen LogP contribution in [0.3, 0.4) is 0 Å². The summed E-state index contributed by atoms with van der Waals surface area (Å²) >= 11 is 1.55. The second kappa shape index (κ2) is 6.59. The zero-order valence-electron chi connectivity index (χ0n) is 14.2. The number of nitrogens with zero attached hydrogens (tertiary/aromatic N) is 3. The van der Waals surface area contributed by atoms with Crippen molar-refractivity contribution in [1.29, 1.82) is 0 Å². The van der Waals surface area contributed by atoms with Crippen molar-refractivity contribution in [3.05, 3.63) is 52.0 Å².